The molecule has 13 heteroatoms. The van der Waals surface area contributed by atoms with E-state index in [9.17, 15) is 14.4 Å². The first-order valence-electron chi connectivity index (χ1n) is 10.6. The number of nitrogens with one attached hydrogen (secondary N) is 3. The molecule has 0 saturated carbocycles. The number of H-pyrrole nitrogens is 1. The molecule has 3 aromatic rings. The van der Waals surface area contributed by atoms with Gasteiger partial charge in [0.2, 0.25) is 5.91 Å². The van der Waals surface area contributed by atoms with Gasteiger partial charge < -0.3 is 35.3 Å². The topological polar surface area (TPSA) is 167 Å². The van der Waals surface area contributed by atoms with E-state index in [0.717, 1.165) is 11.8 Å². The van der Waals surface area contributed by atoms with Gasteiger partial charge in [-0.05, 0) is 30.3 Å². The Kier molecular flexibility index (Phi) is 7.49. The number of nitrogens with zero attached hydrogens (tertiary/aromatic N) is 1. The van der Waals surface area contributed by atoms with Gasteiger partial charge in [0.25, 0.3) is 11.5 Å². The summed E-state index contributed by atoms with van der Waals surface area (Å²) in [5.74, 6) is 0.813. The third kappa shape index (κ3) is 5.63. The molecule has 5 N–H and O–H groups in total. The van der Waals surface area contributed by atoms with E-state index in [4.69, 9.17) is 24.7 Å². The minimum atomic E-state index is -0.661. The Balaban J connectivity index is 1.38. The summed E-state index contributed by atoms with van der Waals surface area (Å²) in [6.45, 7) is 0.911. The molecule has 0 atom stereocenters. The highest BCUT2D eigenvalue weighted by molar-refractivity contribution is 7.99. The SMILES string of the molecule is COc1ccc(C(=O)Nc2c(N)nc(SCC(=O)Nc3ccc4c(c3)OCCO4)[nH]c2=O)cc1OC. The van der Waals surface area contributed by atoms with Crippen LogP contribution < -0.4 is 40.9 Å². The van der Waals surface area contributed by atoms with Crippen molar-refractivity contribution in [3.63, 3.8) is 0 Å². The summed E-state index contributed by atoms with van der Waals surface area (Å²) < 4.78 is 21.3. The number of amides is 2. The molecule has 0 fully saturated rings. The summed E-state index contributed by atoms with van der Waals surface area (Å²) in [5.41, 5.74) is 5.81. The molecule has 1 aliphatic rings. The third-order valence-corrected chi connectivity index (χ3v) is 5.85. The number of aromatic amines is 1. The van der Waals surface area contributed by atoms with E-state index >= 15 is 0 Å². The Morgan fingerprint density at radius 3 is 2.53 bits per heavy atom. The van der Waals surface area contributed by atoms with Crippen molar-refractivity contribution in [2.24, 2.45) is 0 Å². The Morgan fingerprint density at radius 1 is 1.06 bits per heavy atom. The molecule has 36 heavy (non-hydrogen) atoms. The van der Waals surface area contributed by atoms with Gasteiger partial charge in [-0.2, -0.15) is 0 Å². The standard InChI is InChI=1S/C23H23N5O7S/c1-32-14-5-3-12(9-16(14)33-2)21(30)26-19-20(24)27-23(28-22(19)31)36-11-18(29)25-13-4-6-15-17(10-13)35-8-7-34-15/h3-6,9-10H,7-8,11H2,1-2H3,(H,25,29)(H,26,30)(H3,24,27,28,31). The summed E-state index contributed by atoms with van der Waals surface area (Å²) in [7, 11) is 2.92. The van der Waals surface area contributed by atoms with Crippen molar-refractivity contribution < 1.29 is 28.5 Å². The van der Waals surface area contributed by atoms with E-state index in [1.165, 1.54) is 26.4 Å². The van der Waals surface area contributed by atoms with E-state index in [1.807, 2.05) is 0 Å². The molecule has 0 aliphatic carbocycles. The predicted molar refractivity (Wildman–Crippen MR) is 134 cm³/mol. The maximum absolute atomic E-state index is 12.6. The van der Waals surface area contributed by atoms with Gasteiger partial charge in [0.15, 0.2) is 34.0 Å². The van der Waals surface area contributed by atoms with Crippen molar-refractivity contribution in [3.05, 3.63) is 52.3 Å². The maximum atomic E-state index is 12.6. The average molecular weight is 514 g/mol. The maximum Gasteiger partial charge on any atom is 0.277 e. The fourth-order valence-corrected chi connectivity index (χ4v) is 3.94. The Bertz CT molecular complexity index is 1360. The number of carbonyl (C=O) groups is 2. The second-order valence-corrected chi connectivity index (χ2v) is 8.31. The lowest BCUT2D eigenvalue weighted by Crippen LogP contribution is -2.23. The molecule has 2 heterocycles. The van der Waals surface area contributed by atoms with Crippen molar-refractivity contribution in [2.45, 2.75) is 5.16 Å². The largest absolute Gasteiger partial charge is 0.493 e. The van der Waals surface area contributed by atoms with Crippen LogP contribution >= 0.6 is 11.8 Å². The Hall–Kier alpha value is -4.39. The molecule has 0 radical (unpaired) electrons. The lowest BCUT2D eigenvalue weighted by Gasteiger charge is -2.19. The van der Waals surface area contributed by atoms with Crippen molar-refractivity contribution in [2.75, 3.05) is 49.6 Å². The molecule has 2 aromatic carbocycles. The van der Waals surface area contributed by atoms with Crippen molar-refractivity contribution in [1.29, 1.82) is 0 Å². The second-order valence-electron chi connectivity index (χ2n) is 7.35. The number of nitrogen functional groups attached to an aromatic ring is 1. The Labute approximate surface area is 209 Å². The van der Waals surface area contributed by atoms with Crippen LogP contribution in [0.1, 0.15) is 10.4 Å². The zero-order chi connectivity index (χ0) is 25.7. The third-order valence-electron chi connectivity index (χ3n) is 4.98. The van der Waals surface area contributed by atoms with Crippen LogP contribution in [0, 0.1) is 0 Å². The number of hydrogen-bond donors (Lipinski definition) is 4. The molecular formula is C23H23N5O7S. The number of thioether (sulfide) groups is 1. The van der Waals surface area contributed by atoms with Gasteiger partial charge in [0.1, 0.15) is 18.9 Å². The van der Waals surface area contributed by atoms with Gasteiger partial charge in [0, 0.05) is 17.3 Å². The molecule has 12 nitrogen and oxygen atoms in total. The van der Waals surface area contributed by atoms with E-state index in [0.29, 0.717) is 41.9 Å². The molecule has 0 saturated heterocycles. The zero-order valence-corrected chi connectivity index (χ0v) is 20.2. The summed E-state index contributed by atoms with van der Waals surface area (Å²) in [6.07, 6.45) is 0. The number of aromatic nitrogens is 2. The molecule has 4 rings (SSSR count). The van der Waals surface area contributed by atoms with Gasteiger partial charge in [-0.25, -0.2) is 4.98 Å². The molecule has 0 bridgehead atoms. The van der Waals surface area contributed by atoms with Gasteiger partial charge in [-0.1, -0.05) is 11.8 Å². The van der Waals surface area contributed by atoms with Gasteiger partial charge >= 0.3 is 0 Å². The van der Waals surface area contributed by atoms with Crippen LogP contribution in [0.3, 0.4) is 0 Å². The summed E-state index contributed by atoms with van der Waals surface area (Å²) in [4.78, 5) is 44.1. The first-order valence-corrected chi connectivity index (χ1v) is 11.6. The minimum Gasteiger partial charge on any atom is -0.493 e. The number of anilines is 3. The highest BCUT2D eigenvalue weighted by atomic mass is 32.2. The fraction of sp³-hybridized carbons (Fsp3) is 0.217. The van der Waals surface area contributed by atoms with Crippen LogP contribution in [0.15, 0.2) is 46.3 Å². The molecular weight excluding hydrogens is 490 g/mol. The summed E-state index contributed by atoms with van der Waals surface area (Å²) >= 11 is 0.980. The van der Waals surface area contributed by atoms with Crippen LogP contribution in [-0.4, -0.2) is 55.0 Å². The molecule has 188 valence electrons. The van der Waals surface area contributed by atoms with E-state index < -0.39 is 11.5 Å². The van der Waals surface area contributed by atoms with Crippen molar-refractivity contribution in [1.82, 2.24) is 9.97 Å². The number of hydrogen-bond acceptors (Lipinski definition) is 10. The van der Waals surface area contributed by atoms with Gasteiger partial charge in [-0.15, -0.1) is 0 Å². The average Bonchev–Trinajstić information content (AvgIpc) is 2.89. The lowest BCUT2D eigenvalue weighted by molar-refractivity contribution is -0.113. The number of ether oxygens (including phenoxy) is 4. The van der Waals surface area contributed by atoms with E-state index in [-0.39, 0.29) is 33.9 Å². The number of fused-ring (bicyclic) bond motifs is 1. The molecule has 2 amide bonds. The molecule has 1 aromatic heterocycles. The fourth-order valence-electron chi connectivity index (χ4n) is 3.27. The van der Waals surface area contributed by atoms with Crippen LogP contribution in [0.5, 0.6) is 23.0 Å². The van der Waals surface area contributed by atoms with Crippen molar-refractivity contribution >= 4 is 40.8 Å². The lowest BCUT2D eigenvalue weighted by atomic mass is 10.2. The van der Waals surface area contributed by atoms with Gasteiger partial charge in [0.05, 0.1) is 20.0 Å². The number of rotatable bonds is 8. The Morgan fingerprint density at radius 2 is 1.81 bits per heavy atom. The monoisotopic (exact) mass is 513 g/mol. The van der Waals surface area contributed by atoms with Gasteiger partial charge in [-0.3, -0.25) is 19.4 Å². The number of carbonyl (C=O) groups excluding carboxylic acids is 2. The number of nitrogens with two attached hydrogens (primary N) is 1. The molecule has 1 aliphatic heterocycles. The highest BCUT2D eigenvalue weighted by Crippen LogP contribution is 2.32. The minimum absolute atomic E-state index is 0.0474. The first-order chi connectivity index (χ1) is 17.4. The number of benzene rings is 2. The second kappa shape index (κ2) is 10.9. The van der Waals surface area contributed by atoms with Crippen LogP contribution in [0.4, 0.5) is 17.2 Å². The predicted octanol–water partition coefficient (Wildman–Crippen LogP) is 2.12. The quantitative estimate of drug-likeness (QED) is 0.259. The van der Waals surface area contributed by atoms with E-state index in [1.54, 1.807) is 24.3 Å². The van der Waals surface area contributed by atoms with Crippen molar-refractivity contribution in [3.8, 4) is 23.0 Å². The van der Waals surface area contributed by atoms with Crippen LogP contribution in [0.2, 0.25) is 0 Å². The summed E-state index contributed by atoms with van der Waals surface area (Å²) in [5, 5.41) is 5.32. The van der Waals surface area contributed by atoms with Crippen LogP contribution in [-0.2, 0) is 4.79 Å². The normalized spacial score (nSPS) is 11.9. The zero-order valence-electron chi connectivity index (χ0n) is 19.4. The van der Waals surface area contributed by atoms with E-state index in [2.05, 4.69) is 20.6 Å². The highest BCUT2D eigenvalue weighted by Gasteiger charge is 2.17. The smallest absolute Gasteiger partial charge is 0.277 e. The number of methoxy groups -OCH3 is 2. The molecule has 0 spiro atoms. The van der Waals surface area contributed by atoms with Crippen LogP contribution in [0.25, 0.3) is 0 Å². The molecule has 0 unspecified atom stereocenters. The summed E-state index contributed by atoms with van der Waals surface area (Å²) in [6, 6.07) is 9.63. The first kappa shape index (κ1) is 24.7.